The van der Waals surface area contributed by atoms with Gasteiger partial charge in [-0.05, 0) is 33.6 Å². The Balaban J connectivity index is 1.50. The van der Waals surface area contributed by atoms with Crippen LogP contribution in [0.5, 0.6) is 0 Å². The summed E-state index contributed by atoms with van der Waals surface area (Å²) in [7, 11) is 1.61. The minimum atomic E-state index is -1.86. The highest BCUT2D eigenvalue weighted by atomic mass is 16.7. The van der Waals surface area contributed by atoms with E-state index in [0.29, 0.717) is 6.42 Å². The molecule has 0 bridgehead atoms. The van der Waals surface area contributed by atoms with Crippen LogP contribution < -0.4 is 0 Å². The van der Waals surface area contributed by atoms with Crippen molar-refractivity contribution in [3.63, 3.8) is 0 Å². The zero-order chi connectivity index (χ0) is 47.8. The van der Waals surface area contributed by atoms with Crippen LogP contribution >= 0.6 is 0 Å². The summed E-state index contributed by atoms with van der Waals surface area (Å²) in [5.74, 6) is -8.92. The normalized spacial score (nSPS) is 44.2. The molecule has 0 amide bonds. The van der Waals surface area contributed by atoms with Crippen molar-refractivity contribution >= 4 is 11.9 Å². The molecule has 0 radical (unpaired) electrons. The number of hydrogen-bond acceptors (Lipinski definition) is 15. The minimum Gasteiger partial charge on any atom is -0.458 e. The van der Waals surface area contributed by atoms with E-state index in [4.69, 9.17) is 33.2 Å². The first-order valence-electron chi connectivity index (χ1n) is 23.5. The van der Waals surface area contributed by atoms with Crippen molar-refractivity contribution in [1.29, 1.82) is 0 Å². The molecule has 0 aromatic carbocycles. The van der Waals surface area contributed by atoms with Crippen LogP contribution in [0.15, 0.2) is 48.6 Å². The first kappa shape index (κ1) is 54.1. The van der Waals surface area contributed by atoms with Crippen LogP contribution in [0.2, 0.25) is 0 Å². The van der Waals surface area contributed by atoms with Gasteiger partial charge < -0.3 is 63.8 Å². The van der Waals surface area contributed by atoms with Gasteiger partial charge >= 0.3 is 11.9 Å². The largest absolute Gasteiger partial charge is 0.458 e. The maximum atomic E-state index is 13.4. The molecule has 3 fully saturated rings. The fraction of sp³-hybridized carbons (Fsp3) is 0.796. The number of hydrogen-bond donors (Lipinski definition) is 6. The maximum Gasteiger partial charge on any atom is 0.331 e. The number of aliphatic hydroxyl groups is 6. The Bertz CT molecular complexity index is 1610. The van der Waals surface area contributed by atoms with Gasteiger partial charge in [0.1, 0.15) is 18.3 Å². The van der Waals surface area contributed by atoms with Gasteiger partial charge in [0.25, 0.3) is 0 Å². The molecule has 366 valence electrons. The van der Waals surface area contributed by atoms with Crippen LogP contribution in [0.4, 0.5) is 0 Å². The number of esters is 2. The summed E-state index contributed by atoms with van der Waals surface area (Å²) in [4.78, 5) is 26.7. The van der Waals surface area contributed by atoms with Crippen LogP contribution in [0.1, 0.15) is 108 Å². The minimum absolute atomic E-state index is 0.0102. The van der Waals surface area contributed by atoms with Gasteiger partial charge in [0.15, 0.2) is 17.9 Å². The van der Waals surface area contributed by atoms with Crippen LogP contribution in [0, 0.1) is 47.3 Å². The molecule has 0 unspecified atom stereocenters. The highest BCUT2D eigenvalue weighted by molar-refractivity contribution is 5.83. The third-order valence-corrected chi connectivity index (χ3v) is 14.8. The average molecular weight is 909 g/mol. The van der Waals surface area contributed by atoms with Crippen LogP contribution in [-0.4, -0.2) is 135 Å². The van der Waals surface area contributed by atoms with E-state index in [1.807, 2.05) is 41.5 Å². The van der Waals surface area contributed by atoms with Gasteiger partial charge in [-0.25, -0.2) is 9.59 Å². The molecular formula is C49H80O15. The zero-order valence-corrected chi connectivity index (χ0v) is 40.1. The fourth-order valence-corrected chi connectivity index (χ4v) is 10.4. The third kappa shape index (κ3) is 12.9. The van der Waals surface area contributed by atoms with Gasteiger partial charge in [0, 0.05) is 85.9 Å². The molecule has 6 N–H and O–H groups in total. The number of cyclic esters (lactones) is 2. The third-order valence-electron chi connectivity index (χ3n) is 14.8. The Hall–Kier alpha value is -2.54. The molecule has 15 nitrogen and oxygen atoms in total. The van der Waals surface area contributed by atoms with E-state index >= 15 is 0 Å². The summed E-state index contributed by atoms with van der Waals surface area (Å²) in [5.41, 5.74) is 0. The van der Waals surface area contributed by atoms with Gasteiger partial charge in [0.05, 0.1) is 48.8 Å². The number of aliphatic hydroxyl groups excluding tert-OH is 4. The summed E-state index contributed by atoms with van der Waals surface area (Å²) in [6.07, 6.45) is 4.65. The monoisotopic (exact) mass is 909 g/mol. The van der Waals surface area contributed by atoms with Gasteiger partial charge in [0.2, 0.25) is 0 Å². The first-order chi connectivity index (χ1) is 30.0. The van der Waals surface area contributed by atoms with Crippen molar-refractivity contribution in [2.24, 2.45) is 47.3 Å². The lowest BCUT2D eigenvalue weighted by molar-refractivity contribution is -0.344. The predicted octanol–water partition coefficient (Wildman–Crippen LogP) is 4.89. The summed E-state index contributed by atoms with van der Waals surface area (Å²) in [6.45, 7) is 19.9. The van der Waals surface area contributed by atoms with Gasteiger partial charge in [-0.3, -0.25) is 0 Å². The second-order valence-electron chi connectivity index (χ2n) is 19.2. The Morgan fingerprint density at radius 1 is 0.688 bits per heavy atom. The molecule has 4 aliphatic rings. The molecule has 64 heavy (non-hydrogen) atoms. The summed E-state index contributed by atoms with van der Waals surface area (Å²) < 4.78 is 42.4. The maximum absolute atomic E-state index is 13.4. The second kappa shape index (κ2) is 23.5. The van der Waals surface area contributed by atoms with E-state index in [9.17, 15) is 40.2 Å². The predicted molar refractivity (Wildman–Crippen MR) is 238 cm³/mol. The molecular weight excluding hydrogens is 829 g/mol. The Labute approximate surface area is 380 Å². The van der Waals surface area contributed by atoms with Crippen molar-refractivity contribution in [2.45, 2.75) is 193 Å². The summed E-state index contributed by atoms with van der Waals surface area (Å²) >= 11 is 0. The van der Waals surface area contributed by atoms with Crippen LogP contribution in [0.25, 0.3) is 0 Å². The number of carbonyl (C=O) groups is 2. The molecule has 0 saturated carbocycles. The fourth-order valence-electron chi connectivity index (χ4n) is 10.4. The molecule has 3 saturated heterocycles. The Kier molecular flexibility index (Phi) is 19.8. The van der Waals surface area contributed by atoms with Gasteiger partial charge in [-0.1, -0.05) is 91.8 Å². The lowest BCUT2D eigenvalue weighted by Crippen LogP contribution is -2.59. The zero-order valence-electron chi connectivity index (χ0n) is 40.1. The summed E-state index contributed by atoms with van der Waals surface area (Å²) in [6, 6.07) is 0. The Morgan fingerprint density at radius 2 is 1.11 bits per heavy atom. The van der Waals surface area contributed by atoms with Crippen molar-refractivity contribution in [3.05, 3.63) is 48.6 Å². The quantitative estimate of drug-likeness (QED) is 0.136. The molecule has 22 atom stereocenters. The van der Waals surface area contributed by atoms with E-state index in [-0.39, 0.29) is 43.3 Å². The van der Waals surface area contributed by atoms with Crippen molar-refractivity contribution in [2.75, 3.05) is 7.11 Å². The first-order valence-corrected chi connectivity index (χ1v) is 23.5. The SMILES string of the molecule is CC[C@@H]1[C@@H](C)O[C@@](O)([C@@H](C)[C@H](O)[C@H](C)[C@H]2OC(=O)/C=C/C=C\[C@@H](C)[C@@H]([C@@H](C)[C@@H](O)[C@H](C)[C@@]3(O)C[C@@H](O[C@H]4C[C@H](O)[C@H](O)[C@H](C)O4)[C@@H](CC)[C@@H](C)O3)OC(=O)/C=C/C=C/[C@@H]2C)C[C@H]1OC. The molecule has 15 heteroatoms. The standard InChI is InChI=1S/C49H80O15/c1-13-35-32(9)63-48(56,24-38(35)58-12)30(7)43(53)28(5)46-26(3)19-15-17-22-41(52)62-47(27(4)20-16-18-21-40(51)61-46)29(6)44(54)31(8)49(57)25-39(36(14-2)33(10)64-49)60-42-23-37(50)45(55)34(11)59-42/h15-22,26-39,42-47,50,53-57H,13-14,23-25H2,1-12H3/b19-15+,20-16-,21-18+,22-17+/t26-,27+,28-,29-,30-,31-,32+,33+,34-,35+,36-,37-,38+,39+,42-,43+,44+,45+,46-,47-,48+,49+/m0/s1. The van der Waals surface area contributed by atoms with E-state index in [0.717, 1.165) is 6.42 Å². The topological polar surface area (TPSA) is 220 Å². The van der Waals surface area contributed by atoms with Crippen LogP contribution in [0.3, 0.4) is 0 Å². The molecule has 0 spiro atoms. The molecule has 4 heterocycles. The van der Waals surface area contributed by atoms with Gasteiger partial charge in [-0.15, -0.1) is 0 Å². The number of allylic oxidation sites excluding steroid dienone is 4. The van der Waals surface area contributed by atoms with Crippen molar-refractivity contribution in [1.82, 2.24) is 0 Å². The number of ether oxygens (including phenoxy) is 7. The lowest BCUT2D eigenvalue weighted by atomic mass is 9.76. The molecule has 4 rings (SSSR count). The van der Waals surface area contributed by atoms with E-state index in [1.165, 1.54) is 24.3 Å². The highest BCUT2D eigenvalue weighted by Gasteiger charge is 2.53. The Morgan fingerprint density at radius 3 is 1.52 bits per heavy atom. The van der Waals surface area contributed by atoms with E-state index in [2.05, 4.69) is 0 Å². The summed E-state index contributed by atoms with van der Waals surface area (Å²) in [5, 5.41) is 68.1. The van der Waals surface area contributed by atoms with E-state index in [1.54, 1.807) is 66.0 Å². The smallest absolute Gasteiger partial charge is 0.331 e. The average Bonchev–Trinajstić information content (AvgIpc) is 3.24. The molecule has 4 aliphatic heterocycles. The molecule has 0 aromatic rings. The molecule has 0 aliphatic carbocycles. The van der Waals surface area contributed by atoms with Gasteiger partial charge in [-0.2, -0.15) is 0 Å². The highest BCUT2D eigenvalue weighted by Crippen LogP contribution is 2.44. The van der Waals surface area contributed by atoms with Crippen molar-refractivity contribution < 1.29 is 73.4 Å². The van der Waals surface area contributed by atoms with E-state index < -0.39 is 120 Å². The molecule has 0 aromatic heterocycles. The number of methoxy groups -OCH3 is 1. The van der Waals surface area contributed by atoms with Crippen molar-refractivity contribution in [3.8, 4) is 0 Å². The lowest BCUT2D eigenvalue weighted by Gasteiger charge is -2.50. The number of rotatable bonds is 13. The van der Waals surface area contributed by atoms with Crippen LogP contribution in [-0.2, 0) is 42.7 Å². The second-order valence-corrected chi connectivity index (χ2v) is 19.2. The number of carbonyl (C=O) groups excluding carboxylic acids is 2.